The average molecular weight is 358 g/mol. The Morgan fingerprint density at radius 1 is 1.17 bits per heavy atom. The van der Waals surface area contributed by atoms with E-state index in [4.69, 9.17) is 0 Å². The van der Waals surface area contributed by atoms with Gasteiger partial charge in [-0.1, -0.05) is 49.4 Å². The quantitative estimate of drug-likeness (QED) is 0.517. The lowest BCUT2D eigenvalue weighted by Crippen LogP contribution is -1.99. The maximum Gasteiger partial charge on any atom is 0.191 e. The molecule has 0 fully saturated rings. The third-order valence-corrected chi connectivity index (χ3v) is 6.07. The van der Waals surface area contributed by atoms with E-state index in [1.54, 1.807) is 11.8 Å². The first-order chi connectivity index (χ1) is 11.7. The smallest absolute Gasteiger partial charge is 0.191 e. The first-order valence-corrected chi connectivity index (χ1v) is 10.3. The predicted molar refractivity (Wildman–Crippen MR) is 104 cm³/mol. The van der Waals surface area contributed by atoms with E-state index in [-0.39, 0.29) is 0 Å². The molecule has 3 nitrogen and oxygen atoms in total. The summed E-state index contributed by atoms with van der Waals surface area (Å²) in [5.74, 6) is 1.92. The monoisotopic (exact) mass is 357 g/mol. The van der Waals surface area contributed by atoms with Crippen molar-refractivity contribution in [3.8, 4) is 11.4 Å². The third-order valence-electron chi connectivity index (χ3n) is 4.06. The van der Waals surface area contributed by atoms with Gasteiger partial charge < -0.3 is 4.57 Å². The zero-order valence-electron chi connectivity index (χ0n) is 14.5. The Labute approximate surface area is 152 Å². The van der Waals surface area contributed by atoms with Gasteiger partial charge in [-0.05, 0) is 37.5 Å². The molecular formula is C19H23N3S2. The standard InChI is InChI=1S/C19H23N3S2/c1-4-8-17-11-16(13-23-17)18-20-21-19(22(18)5-2)24-12-15-10-7-6-9-14(15)3/h6-7,9-11,13H,4-5,8,12H2,1-3H3. The summed E-state index contributed by atoms with van der Waals surface area (Å²) in [4.78, 5) is 1.42. The van der Waals surface area contributed by atoms with E-state index >= 15 is 0 Å². The van der Waals surface area contributed by atoms with E-state index in [1.807, 2.05) is 11.3 Å². The van der Waals surface area contributed by atoms with E-state index < -0.39 is 0 Å². The Morgan fingerprint density at radius 2 is 2.00 bits per heavy atom. The van der Waals surface area contributed by atoms with Gasteiger partial charge in [-0.2, -0.15) is 0 Å². The summed E-state index contributed by atoms with van der Waals surface area (Å²) in [5, 5.41) is 12.1. The normalized spacial score (nSPS) is 11.1. The lowest BCUT2D eigenvalue weighted by Gasteiger charge is -2.07. The fourth-order valence-electron chi connectivity index (χ4n) is 2.68. The fraction of sp³-hybridized carbons (Fsp3) is 0.368. The molecule has 0 atom stereocenters. The molecular weight excluding hydrogens is 334 g/mol. The van der Waals surface area contributed by atoms with Gasteiger partial charge in [0.05, 0.1) is 0 Å². The SMILES string of the molecule is CCCc1cc(-c2nnc(SCc3ccccc3C)n2CC)cs1. The van der Waals surface area contributed by atoms with Crippen LogP contribution in [0.5, 0.6) is 0 Å². The molecule has 0 amide bonds. The largest absolute Gasteiger partial charge is 0.302 e. The molecule has 0 saturated heterocycles. The molecule has 0 bridgehead atoms. The van der Waals surface area contributed by atoms with E-state index in [2.05, 4.69) is 71.2 Å². The minimum Gasteiger partial charge on any atom is -0.302 e. The molecule has 0 unspecified atom stereocenters. The number of rotatable bonds is 7. The van der Waals surface area contributed by atoms with E-state index in [0.717, 1.165) is 29.7 Å². The molecule has 5 heteroatoms. The zero-order valence-corrected chi connectivity index (χ0v) is 16.1. The van der Waals surface area contributed by atoms with E-state index in [1.165, 1.54) is 28.0 Å². The maximum absolute atomic E-state index is 4.46. The summed E-state index contributed by atoms with van der Waals surface area (Å²) in [6.07, 6.45) is 2.32. The number of benzene rings is 1. The maximum atomic E-state index is 4.46. The highest BCUT2D eigenvalue weighted by atomic mass is 32.2. The van der Waals surface area contributed by atoms with Gasteiger partial charge in [-0.25, -0.2) is 0 Å². The van der Waals surface area contributed by atoms with Crippen LogP contribution in [0.4, 0.5) is 0 Å². The van der Waals surface area contributed by atoms with Crippen LogP contribution in [-0.2, 0) is 18.7 Å². The second-order valence-corrected chi connectivity index (χ2v) is 7.76. The second-order valence-electron chi connectivity index (χ2n) is 5.82. The molecule has 0 aliphatic carbocycles. The number of thiophene rings is 1. The van der Waals surface area contributed by atoms with Crippen LogP contribution in [0.25, 0.3) is 11.4 Å². The Hall–Kier alpha value is -1.59. The minimum absolute atomic E-state index is 0.886. The molecule has 0 aliphatic heterocycles. The Morgan fingerprint density at radius 3 is 2.75 bits per heavy atom. The number of aromatic nitrogens is 3. The van der Waals surface area contributed by atoms with Gasteiger partial charge in [0.15, 0.2) is 11.0 Å². The Balaban J connectivity index is 1.80. The van der Waals surface area contributed by atoms with Crippen molar-refractivity contribution in [1.82, 2.24) is 14.8 Å². The Kier molecular flexibility index (Phi) is 5.74. The summed E-state index contributed by atoms with van der Waals surface area (Å²) in [6, 6.07) is 10.8. The molecule has 3 rings (SSSR count). The highest BCUT2D eigenvalue weighted by Gasteiger charge is 2.15. The fourth-order valence-corrected chi connectivity index (χ4v) is 4.73. The molecule has 3 aromatic rings. The van der Waals surface area contributed by atoms with Crippen LogP contribution in [0, 0.1) is 6.92 Å². The summed E-state index contributed by atoms with van der Waals surface area (Å²) in [6.45, 7) is 7.42. The predicted octanol–water partition coefficient (Wildman–Crippen LogP) is 5.58. The summed E-state index contributed by atoms with van der Waals surface area (Å²) in [7, 11) is 0. The molecule has 0 N–H and O–H groups in total. The van der Waals surface area contributed by atoms with Crippen molar-refractivity contribution in [2.75, 3.05) is 0 Å². The summed E-state index contributed by atoms with van der Waals surface area (Å²) in [5.41, 5.74) is 3.88. The van der Waals surface area contributed by atoms with Crippen LogP contribution in [0.3, 0.4) is 0 Å². The van der Waals surface area contributed by atoms with Crippen LogP contribution in [0.1, 0.15) is 36.3 Å². The van der Waals surface area contributed by atoms with Gasteiger partial charge >= 0.3 is 0 Å². The lowest BCUT2D eigenvalue weighted by atomic mass is 10.1. The van der Waals surface area contributed by atoms with Crippen molar-refractivity contribution in [3.05, 3.63) is 51.7 Å². The van der Waals surface area contributed by atoms with Crippen LogP contribution < -0.4 is 0 Å². The van der Waals surface area contributed by atoms with E-state index in [0.29, 0.717) is 0 Å². The van der Waals surface area contributed by atoms with Crippen molar-refractivity contribution >= 4 is 23.1 Å². The molecule has 1 aromatic carbocycles. The number of hydrogen-bond acceptors (Lipinski definition) is 4. The van der Waals surface area contributed by atoms with Crippen molar-refractivity contribution in [1.29, 1.82) is 0 Å². The van der Waals surface area contributed by atoms with Crippen molar-refractivity contribution < 1.29 is 0 Å². The van der Waals surface area contributed by atoms with Crippen LogP contribution >= 0.6 is 23.1 Å². The van der Waals surface area contributed by atoms with Gasteiger partial charge in [0.1, 0.15) is 0 Å². The first-order valence-electron chi connectivity index (χ1n) is 8.41. The topological polar surface area (TPSA) is 30.7 Å². The van der Waals surface area contributed by atoms with E-state index in [9.17, 15) is 0 Å². The number of aryl methyl sites for hydroxylation is 2. The summed E-state index contributed by atoms with van der Waals surface area (Å²) >= 11 is 3.59. The van der Waals surface area contributed by atoms with Crippen LogP contribution in [-0.4, -0.2) is 14.8 Å². The zero-order chi connectivity index (χ0) is 16.9. The van der Waals surface area contributed by atoms with Gasteiger partial charge in [0.2, 0.25) is 0 Å². The minimum atomic E-state index is 0.886. The van der Waals surface area contributed by atoms with Gasteiger partial charge in [0.25, 0.3) is 0 Å². The van der Waals surface area contributed by atoms with Gasteiger partial charge in [0, 0.05) is 28.1 Å². The highest BCUT2D eigenvalue weighted by Crippen LogP contribution is 2.30. The molecule has 0 radical (unpaired) electrons. The first kappa shape index (κ1) is 17.2. The molecule has 0 spiro atoms. The van der Waals surface area contributed by atoms with Crippen molar-refractivity contribution in [2.45, 2.75) is 51.1 Å². The Bertz CT molecular complexity index is 805. The molecule has 0 saturated carbocycles. The van der Waals surface area contributed by atoms with Gasteiger partial charge in [-0.3, -0.25) is 0 Å². The summed E-state index contributed by atoms with van der Waals surface area (Å²) < 4.78 is 2.22. The van der Waals surface area contributed by atoms with Crippen LogP contribution in [0.2, 0.25) is 0 Å². The molecule has 2 heterocycles. The molecule has 24 heavy (non-hydrogen) atoms. The number of nitrogens with zero attached hydrogens (tertiary/aromatic N) is 3. The molecule has 2 aromatic heterocycles. The number of thioether (sulfide) groups is 1. The van der Waals surface area contributed by atoms with Crippen LogP contribution in [0.15, 0.2) is 40.9 Å². The van der Waals surface area contributed by atoms with Gasteiger partial charge in [-0.15, -0.1) is 21.5 Å². The molecule has 126 valence electrons. The average Bonchev–Trinajstić information content (AvgIpc) is 3.20. The lowest BCUT2D eigenvalue weighted by molar-refractivity contribution is 0.687. The highest BCUT2D eigenvalue weighted by molar-refractivity contribution is 7.98. The van der Waals surface area contributed by atoms with Crippen molar-refractivity contribution in [3.63, 3.8) is 0 Å². The second kappa shape index (κ2) is 7.99. The third kappa shape index (κ3) is 3.73. The number of hydrogen-bond donors (Lipinski definition) is 0. The van der Waals surface area contributed by atoms with Crippen molar-refractivity contribution in [2.24, 2.45) is 0 Å². The molecule has 0 aliphatic rings.